The van der Waals surface area contributed by atoms with E-state index in [0.717, 1.165) is 28.1 Å². The molecule has 1 aliphatic rings. The minimum absolute atomic E-state index is 0.110. The first-order valence-corrected chi connectivity index (χ1v) is 14.1. The quantitative estimate of drug-likeness (QED) is 0.236. The number of fused-ring (bicyclic) bond motifs is 2. The van der Waals surface area contributed by atoms with Gasteiger partial charge in [-0.1, -0.05) is 50.2 Å². The predicted molar refractivity (Wildman–Crippen MR) is 160 cm³/mol. The molecular formula is C32H34N6O5. The molecule has 0 amide bonds. The van der Waals surface area contributed by atoms with Crippen LogP contribution < -0.4 is 24.5 Å². The molecule has 11 nitrogen and oxygen atoms in total. The largest absolute Gasteiger partial charge is 0.493 e. The molecular weight excluding hydrogens is 548 g/mol. The van der Waals surface area contributed by atoms with Crippen molar-refractivity contribution in [1.82, 2.24) is 30.1 Å². The highest BCUT2D eigenvalue weighted by Gasteiger charge is 2.30. The van der Waals surface area contributed by atoms with E-state index in [0.29, 0.717) is 48.0 Å². The summed E-state index contributed by atoms with van der Waals surface area (Å²) in [5, 5.41) is 13.8. The molecule has 0 unspecified atom stereocenters. The molecule has 0 saturated heterocycles. The molecule has 222 valence electrons. The van der Waals surface area contributed by atoms with Crippen molar-refractivity contribution in [2.75, 3.05) is 21.0 Å². The Balaban J connectivity index is 1.41. The van der Waals surface area contributed by atoms with Crippen LogP contribution in [-0.4, -0.2) is 51.1 Å². The lowest BCUT2D eigenvalue weighted by molar-refractivity contribution is 0.126. The molecule has 0 bridgehead atoms. The van der Waals surface area contributed by atoms with Crippen molar-refractivity contribution in [3.63, 3.8) is 0 Å². The number of hydrogen-bond donors (Lipinski definition) is 1. The normalized spacial score (nSPS) is 13.2. The number of methoxy groups -OCH3 is 2. The Morgan fingerprint density at radius 2 is 1.70 bits per heavy atom. The van der Waals surface area contributed by atoms with Crippen LogP contribution >= 0.6 is 0 Å². The standard InChI is InChI=1S/C32H34N6O5/c1-20(2)30(31-34-35-36-38(31)17-21-8-6-5-7-9-21)37(16-22-10-11-26-29(12-22)43-19-42-26)18-24-13-23-14-27(40-3)28(41-4)15-25(23)33-32(24)39/h5-15,20,30H,16-19H2,1-4H3,(H,33,39)/t30-/m1/s1. The van der Waals surface area contributed by atoms with Crippen molar-refractivity contribution in [1.29, 1.82) is 0 Å². The van der Waals surface area contributed by atoms with Gasteiger partial charge in [0.05, 0.1) is 32.3 Å². The van der Waals surface area contributed by atoms with Gasteiger partial charge in [-0.25, -0.2) is 4.68 Å². The van der Waals surface area contributed by atoms with Crippen molar-refractivity contribution >= 4 is 10.9 Å². The van der Waals surface area contributed by atoms with Gasteiger partial charge in [0, 0.05) is 30.1 Å². The number of aromatic amines is 1. The minimum atomic E-state index is -0.218. The van der Waals surface area contributed by atoms with E-state index in [-0.39, 0.29) is 24.3 Å². The van der Waals surface area contributed by atoms with Crippen LogP contribution in [0.4, 0.5) is 0 Å². The number of pyridine rings is 1. The highest BCUT2D eigenvalue weighted by atomic mass is 16.7. The Bertz CT molecular complexity index is 1780. The summed E-state index contributed by atoms with van der Waals surface area (Å²) in [6.07, 6.45) is 0. The molecule has 0 radical (unpaired) electrons. The van der Waals surface area contributed by atoms with Crippen molar-refractivity contribution in [3.8, 4) is 23.0 Å². The maximum atomic E-state index is 13.5. The third-order valence-corrected chi connectivity index (χ3v) is 7.65. The molecule has 0 aliphatic carbocycles. The van der Waals surface area contributed by atoms with Gasteiger partial charge in [0.2, 0.25) is 6.79 Å². The summed E-state index contributed by atoms with van der Waals surface area (Å²) in [7, 11) is 3.16. The summed E-state index contributed by atoms with van der Waals surface area (Å²) in [4.78, 5) is 18.8. The van der Waals surface area contributed by atoms with Gasteiger partial charge < -0.3 is 23.9 Å². The fourth-order valence-electron chi connectivity index (χ4n) is 5.62. The molecule has 3 heterocycles. The maximum absolute atomic E-state index is 13.5. The first kappa shape index (κ1) is 28.2. The SMILES string of the molecule is COc1cc2cc(CN(Cc3ccc4c(c3)OCO4)[C@@H](c3nnnn3Cc3ccccc3)C(C)C)c(=O)[nH]c2cc1OC. The van der Waals surface area contributed by atoms with Crippen molar-refractivity contribution in [2.24, 2.45) is 5.92 Å². The zero-order valence-corrected chi connectivity index (χ0v) is 24.6. The van der Waals surface area contributed by atoms with Gasteiger partial charge in [-0.2, -0.15) is 0 Å². The summed E-state index contributed by atoms with van der Waals surface area (Å²) in [5.41, 5.74) is 3.20. The molecule has 3 aromatic carbocycles. The van der Waals surface area contributed by atoms with Crippen molar-refractivity contribution in [2.45, 2.75) is 39.5 Å². The molecule has 6 rings (SSSR count). The van der Waals surface area contributed by atoms with Crippen LogP contribution in [-0.2, 0) is 19.6 Å². The molecule has 2 aromatic heterocycles. The first-order chi connectivity index (χ1) is 20.9. The van der Waals surface area contributed by atoms with Crippen LogP contribution in [0, 0.1) is 5.92 Å². The zero-order valence-electron chi connectivity index (χ0n) is 24.6. The van der Waals surface area contributed by atoms with Gasteiger partial charge in [-0.3, -0.25) is 9.69 Å². The van der Waals surface area contributed by atoms with Crippen LogP contribution in [0.2, 0.25) is 0 Å². The summed E-state index contributed by atoms with van der Waals surface area (Å²) in [6, 6.07) is 21.4. The number of tetrazole rings is 1. The number of nitrogens with zero attached hydrogens (tertiary/aromatic N) is 5. The summed E-state index contributed by atoms with van der Waals surface area (Å²) < 4.78 is 24.0. The number of rotatable bonds is 11. The third-order valence-electron chi connectivity index (χ3n) is 7.65. The van der Waals surface area contributed by atoms with Gasteiger partial charge in [0.1, 0.15) is 0 Å². The van der Waals surface area contributed by atoms with Crippen LogP contribution in [0.3, 0.4) is 0 Å². The molecule has 5 aromatic rings. The lowest BCUT2D eigenvalue weighted by Crippen LogP contribution is -2.35. The van der Waals surface area contributed by atoms with Crippen LogP contribution in [0.5, 0.6) is 23.0 Å². The number of hydrogen-bond acceptors (Lipinski definition) is 9. The highest BCUT2D eigenvalue weighted by Crippen LogP contribution is 2.36. The van der Waals surface area contributed by atoms with Gasteiger partial charge >= 0.3 is 0 Å². The lowest BCUT2D eigenvalue weighted by Gasteiger charge is -2.33. The fraction of sp³-hybridized carbons (Fsp3) is 0.312. The molecule has 0 fully saturated rings. The zero-order chi connectivity index (χ0) is 29.9. The van der Waals surface area contributed by atoms with Gasteiger partial charge in [0.15, 0.2) is 28.8 Å². The topological polar surface area (TPSA) is 117 Å². The van der Waals surface area contributed by atoms with Crippen LogP contribution in [0.1, 0.15) is 42.4 Å². The van der Waals surface area contributed by atoms with E-state index in [2.05, 4.69) is 51.4 Å². The van der Waals surface area contributed by atoms with Gasteiger partial charge in [0.25, 0.3) is 5.56 Å². The predicted octanol–water partition coefficient (Wildman–Crippen LogP) is 4.71. The van der Waals surface area contributed by atoms with E-state index >= 15 is 0 Å². The lowest BCUT2D eigenvalue weighted by atomic mass is 9.99. The van der Waals surface area contributed by atoms with Gasteiger partial charge in [-0.05, 0) is 51.7 Å². The van der Waals surface area contributed by atoms with E-state index in [1.165, 1.54) is 0 Å². The Labute approximate surface area is 249 Å². The number of ether oxygens (including phenoxy) is 4. The Hall–Kier alpha value is -4.90. The van der Waals surface area contributed by atoms with Crippen molar-refractivity contribution < 1.29 is 18.9 Å². The molecule has 1 atom stereocenters. The van der Waals surface area contributed by atoms with E-state index in [1.54, 1.807) is 20.3 Å². The summed E-state index contributed by atoms with van der Waals surface area (Å²) >= 11 is 0. The average Bonchev–Trinajstić information content (AvgIpc) is 3.66. The van der Waals surface area contributed by atoms with E-state index in [4.69, 9.17) is 18.9 Å². The highest BCUT2D eigenvalue weighted by molar-refractivity contribution is 5.83. The summed E-state index contributed by atoms with van der Waals surface area (Å²) in [6.45, 7) is 5.87. The molecule has 0 spiro atoms. The Morgan fingerprint density at radius 1 is 0.930 bits per heavy atom. The smallest absolute Gasteiger partial charge is 0.252 e. The third kappa shape index (κ3) is 5.89. The number of benzene rings is 3. The molecule has 1 aliphatic heterocycles. The van der Waals surface area contributed by atoms with E-state index in [9.17, 15) is 4.79 Å². The minimum Gasteiger partial charge on any atom is -0.493 e. The molecule has 1 N–H and O–H groups in total. The van der Waals surface area contributed by atoms with E-state index in [1.807, 2.05) is 53.2 Å². The fourth-order valence-corrected chi connectivity index (χ4v) is 5.62. The molecule has 0 saturated carbocycles. The summed E-state index contributed by atoms with van der Waals surface area (Å²) in [5.74, 6) is 3.40. The van der Waals surface area contributed by atoms with Gasteiger partial charge in [-0.15, -0.1) is 5.10 Å². The van der Waals surface area contributed by atoms with E-state index < -0.39 is 0 Å². The van der Waals surface area contributed by atoms with Crippen molar-refractivity contribution in [3.05, 3.63) is 99.6 Å². The Morgan fingerprint density at radius 3 is 2.47 bits per heavy atom. The molecule has 11 heteroatoms. The van der Waals surface area contributed by atoms with Crippen LogP contribution in [0.25, 0.3) is 10.9 Å². The van der Waals surface area contributed by atoms with Crippen LogP contribution in [0.15, 0.2) is 71.5 Å². The molecule has 43 heavy (non-hydrogen) atoms. The number of nitrogens with one attached hydrogen (secondary N) is 1. The average molecular weight is 583 g/mol. The number of aromatic nitrogens is 5. The second kappa shape index (κ2) is 12.1. The monoisotopic (exact) mass is 582 g/mol. The number of H-pyrrole nitrogens is 1. The maximum Gasteiger partial charge on any atom is 0.252 e. The Kier molecular flexibility index (Phi) is 7.97. The second-order valence-electron chi connectivity index (χ2n) is 10.9. The first-order valence-electron chi connectivity index (χ1n) is 14.1. The second-order valence-corrected chi connectivity index (χ2v) is 10.9.